The van der Waals surface area contributed by atoms with E-state index >= 15 is 0 Å². The van der Waals surface area contributed by atoms with Gasteiger partial charge in [0.15, 0.2) is 0 Å². The summed E-state index contributed by atoms with van der Waals surface area (Å²) in [6.07, 6.45) is 0.0970. The summed E-state index contributed by atoms with van der Waals surface area (Å²) in [5, 5.41) is 0. The van der Waals surface area contributed by atoms with Crippen LogP contribution in [0.25, 0.3) is 0 Å². The van der Waals surface area contributed by atoms with Crippen molar-refractivity contribution in [3.05, 3.63) is 0 Å². The van der Waals surface area contributed by atoms with Crippen LogP contribution in [0.4, 0.5) is 13.2 Å². The average molecular weight is 378 g/mol. The Balaban J connectivity index is 2.11. The van der Waals surface area contributed by atoms with Gasteiger partial charge in [0.05, 0.1) is 6.54 Å². The lowest BCUT2D eigenvalue weighted by atomic mass is 9.85. The molecule has 3 unspecified atom stereocenters. The highest BCUT2D eigenvalue weighted by atomic mass is 19.4. The quantitative estimate of drug-likeness (QED) is 0.706. The number of hydrogen-bond donors (Lipinski definition) is 0. The molecule has 1 heterocycles. The van der Waals surface area contributed by atoms with E-state index in [0.717, 1.165) is 32.7 Å². The number of carbonyl (C=O) groups excluding carboxylic acids is 2. The summed E-state index contributed by atoms with van der Waals surface area (Å²) in [4.78, 5) is 27.4. The van der Waals surface area contributed by atoms with E-state index in [1.54, 1.807) is 25.7 Å². The van der Waals surface area contributed by atoms with Gasteiger partial charge in [-0.15, -0.1) is 0 Å². The average Bonchev–Trinajstić information content (AvgIpc) is 2.83. The van der Waals surface area contributed by atoms with Gasteiger partial charge < -0.3 is 9.64 Å². The number of fused-ring (bicyclic) bond motifs is 1. The predicted molar refractivity (Wildman–Crippen MR) is 90.4 cm³/mol. The van der Waals surface area contributed by atoms with Crippen LogP contribution >= 0.6 is 0 Å². The molecule has 0 aromatic carbocycles. The van der Waals surface area contributed by atoms with Gasteiger partial charge in [-0.3, -0.25) is 14.5 Å². The summed E-state index contributed by atoms with van der Waals surface area (Å²) < 4.78 is 43.2. The first kappa shape index (κ1) is 21.0. The highest BCUT2D eigenvalue weighted by Crippen LogP contribution is 2.40. The van der Waals surface area contributed by atoms with Crippen molar-refractivity contribution in [3.8, 4) is 0 Å². The Bertz CT molecular complexity index is 531. The number of ether oxygens (including phenoxy) is 1. The summed E-state index contributed by atoms with van der Waals surface area (Å²) in [5.74, 6) is -0.720. The van der Waals surface area contributed by atoms with Crippen molar-refractivity contribution >= 4 is 11.9 Å². The molecule has 0 spiro atoms. The van der Waals surface area contributed by atoms with E-state index in [1.165, 1.54) is 0 Å². The minimum absolute atomic E-state index is 0.0597. The maximum atomic E-state index is 12.6. The molecule has 2 aliphatic rings. The Labute approximate surface area is 152 Å². The number of carbonyl (C=O) groups is 2. The van der Waals surface area contributed by atoms with E-state index in [0.29, 0.717) is 17.2 Å². The summed E-state index contributed by atoms with van der Waals surface area (Å²) in [6, 6.07) is -0.505. The van der Waals surface area contributed by atoms with Crippen molar-refractivity contribution in [2.45, 2.75) is 76.7 Å². The van der Waals surface area contributed by atoms with Gasteiger partial charge in [-0.2, -0.15) is 13.2 Å². The molecule has 150 valence electrons. The molecule has 1 aliphatic heterocycles. The summed E-state index contributed by atoms with van der Waals surface area (Å²) in [6.45, 7) is 3.86. The van der Waals surface area contributed by atoms with E-state index in [9.17, 15) is 22.8 Å². The van der Waals surface area contributed by atoms with Gasteiger partial charge >= 0.3 is 12.1 Å². The molecule has 1 amide bonds. The summed E-state index contributed by atoms with van der Waals surface area (Å²) >= 11 is 0. The van der Waals surface area contributed by atoms with Gasteiger partial charge in [-0.1, -0.05) is 12.8 Å². The number of halogens is 3. The van der Waals surface area contributed by atoms with E-state index < -0.39 is 36.2 Å². The maximum Gasteiger partial charge on any atom is 0.406 e. The third kappa shape index (κ3) is 5.59. The van der Waals surface area contributed by atoms with Crippen molar-refractivity contribution in [1.82, 2.24) is 9.80 Å². The zero-order chi connectivity index (χ0) is 19.7. The van der Waals surface area contributed by atoms with Crippen LogP contribution in [0.1, 0.15) is 52.9 Å². The van der Waals surface area contributed by atoms with Crippen LogP contribution in [0.2, 0.25) is 0 Å². The molecule has 0 radical (unpaired) electrons. The fraction of sp³-hybridized carbons (Fsp3) is 0.889. The molecule has 0 bridgehead atoms. The second kappa shape index (κ2) is 7.74. The largest absolute Gasteiger partial charge is 0.459 e. The van der Waals surface area contributed by atoms with E-state index in [1.807, 2.05) is 0 Å². The molecular formula is C18H29F3N2O3. The SMILES string of the molecule is CN(CC(F)(F)F)C(=O)CN1C(C(=O)OC(C)(C)C)CC2CCCCC21. The number of alkyl halides is 3. The molecule has 26 heavy (non-hydrogen) atoms. The number of amides is 1. The van der Waals surface area contributed by atoms with Crippen LogP contribution in [0, 0.1) is 5.92 Å². The van der Waals surface area contributed by atoms with Gasteiger partial charge in [-0.25, -0.2) is 0 Å². The second-order valence-electron chi connectivity index (χ2n) is 8.43. The predicted octanol–water partition coefficient (Wildman–Crippen LogP) is 2.98. The standard InChI is InChI=1S/C18H29F3N2O3/c1-17(2,3)26-16(25)14-9-12-7-5-6-8-13(12)23(14)10-15(24)22(4)11-18(19,20)21/h12-14H,5-11H2,1-4H3. The van der Waals surface area contributed by atoms with Crippen molar-refractivity contribution in [3.63, 3.8) is 0 Å². The number of likely N-dealkylation sites (N-methyl/N-ethyl adjacent to an activating group) is 1. The van der Waals surface area contributed by atoms with Crippen LogP contribution in [0.5, 0.6) is 0 Å². The van der Waals surface area contributed by atoms with Gasteiger partial charge in [0.2, 0.25) is 5.91 Å². The van der Waals surface area contributed by atoms with E-state index in [4.69, 9.17) is 4.74 Å². The molecular weight excluding hydrogens is 349 g/mol. The molecule has 0 aromatic rings. The van der Waals surface area contributed by atoms with Crippen LogP contribution in [0.15, 0.2) is 0 Å². The molecule has 0 aromatic heterocycles. The summed E-state index contributed by atoms with van der Waals surface area (Å²) in [5.41, 5.74) is -0.645. The Hall–Kier alpha value is -1.31. The topological polar surface area (TPSA) is 49.9 Å². The number of esters is 1. The molecule has 1 saturated carbocycles. The van der Waals surface area contributed by atoms with E-state index in [2.05, 4.69) is 0 Å². The lowest BCUT2D eigenvalue weighted by Gasteiger charge is -2.34. The highest BCUT2D eigenvalue weighted by Gasteiger charge is 2.47. The fourth-order valence-corrected chi connectivity index (χ4v) is 4.02. The van der Waals surface area contributed by atoms with Crippen molar-refractivity contribution in [2.24, 2.45) is 5.92 Å². The zero-order valence-electron chi connectivity index (χ0n) is 15.9. The number of nitrogens with zero attached hydrogens (tertiary/aromatic N) is 2. The first-order chi connectivity index (χ1) is 11.9. The minimum Gasteiger partial charge on any atom is -0.459 e. The number of hydrogen-bond acceptors (Lipinski definition) is 4. The minimum atomic E-state index is -4.44. The van der Waals surface area contributed by atoms with Crippen molar-refractivity contribution < 1.29 is 27.5 Å². The third-order valence-electron chi connectivity index (χ3n) is 5.06. The molecule has 8 heteroatoms. The molecule has 0 N–H and O–H groups in total. The Morgan fingerprint density at radius 1 is 1.15 bits per heavy atom. The van der Waals surface area contributed by atoms with Gasteiger partial charge in [0.1, 0.15) is 18.2 Å². The van der Waals surface area contributed by atoms with Crippen molar-refractivity contribution in [1.29, 1.82) is 0 Å². The first-order valence-corrected chi connectivity index (χ1v) is 9.17. The maximum absolute atomic E-state index is 12.6. The van der Waals surface area contributed by atoms with Gasteiger partial charge in [0, 0.05) is 13.1 Å². The Morgan fingerprint density at radius 3 is 2.35 bits per heavy atom. The van der Waals surface area contributed by atoms with E-state index in [-0.39, 0.29) is 12.6 Å². The Kier molecular flexibility index (Phi) is 6.25. The molecule has 2 fully saturated rings. The number of rotatable bonds is 4. The fourth-order valence-electron chi connectivity index (χ4n) is 4.02. The molecule has 1 aliphatic carbocycles. The lowest BCUT2D eigenvalue weighted by molar-refractivity contribution is -0.164. The third-order valence-corrected chi connectivity index (χ3v) is 5.06. The van der Waals surface area contributed by atoms with Crippen LogP contribution < -0.4 is 0 Å². The normalized spacial score (nSPS) is 27.1. The zero-order valence-corrected chi connectivity index (χ0v) is 15.9. The van der Waals surface area contributed by atoms with Gasteiger partial charge in [-0.05, 0) is 46.0 Å². The second-order valence-corrected chi connectivity index (χ2v) is 8.43. The highest BCUT2D eigenvalue weighted by molar-refractivity contribution is 5.81. The Morgan fingerprint density at radius 2 is 1.77 bits per heavy atom. The monoisotopic (exact) mass is 378 g/mol. The number of likely N-dealkylation sites (tertiary alicyclic amines) is 1. The molecule has 2 rings (SSSR count). The van der Waals surface area contributed by atoms with Gasteiger partial charge in [0.25, 0.3) is 0 Å². The van der Waals surface area contributed by atoms with Crippen LogP contribution in [-0.2, 0) is 14.3 Å². The molecule has 3 atom stereocenters. The molecule has 5 nitrogen and oxygen atoms in total. The van der Waals surface area contributed by atoms with Crippen molar-refractivity contribution in [2.75, 3.05) is 20.1 Å². The van der Waals surface area contributed by atoms with Crippen LogP contribution in [0.3, 0.4) is 0 Å². The van der Waals surface area contributed by atoms with Crippen LogP contribution in [-0.4, -0.2) is 65.7 Å². The molecule has 1 saturated heterocycles. The first-order valence-electron chi connectivity index (χ1n) is 9.17. The smallest absolute Gasteiger partial charge is 0.406 e. The summed E-state index contributed by atoms with van der Waals surface area (Å²) in [7, 11) is 1.15. The lowest BCUT2D eigenvalue weighted by Crippen LogP contribution is -2.50.